The standard InChI is InChI=1S/C20H21Cl2NO2/c1-13(2)11-23-18(24)12-25-20(15-4-3-5-17(22)10-15)19(23)14-6-8-16(21)9-7-14/h3-10,13,19-20H,11-12H2,1-2H3/t19-,20+/m0/s1. The van der Waals surface area contributed by atoms with Gasteiger partial charge in [-0.05, 0) is 41.3 Å². The number of hydrogen-bond donors (Lipinski definition) is 0. The summed E-state index contributed by atoms with van der Waals surface area (Å²) < 4.78 is 5.96. The molecule has 0 saturated carbocycles. The normalized spacial score (nSPS) is 21.0. The van der Waals surface area contributed by atoms with Crippen LogP contribution in [0.3, 0.4) is 0 Å². The maximum atomic E-state index is 12.6. The Hall–Kier alpha value is -1.55. The lowest BCUT2D eigenvalue weighted by molar-refractivity contribution is -0.159. The number of carbonyl (C=O) groups is 1. The minimum atomic E-state index is -0.267. The van der Waals surface area contributed by atoms with Crippen LogP contribution in [0.1, 0.15) is 37.1 Å². The molecule has 2 aromatic rings. The van der Waals surface area contributed by atoms with Crippen molar-refractivity contribution in [2.24, 2.45) is 5.92 Å². The van der Waals surface area contributed by atoms with Gasteiger partial charge >= 0.3 is 0 Å². The van der Waals surface area contributed by atoms with E-state index in [-0.39, 0.29) is 24.7 Å². The highest BCUT2D eigenvalue weighted by atomic mass is 35.5. The van der Waals surface area contributed by atoms with Crippen LogP contribution in [-0.4, -0.2) is 24.0 Å². The first-order chi connectivity index (χ1) is 12.0. The molecular weight excluding hydrogens is 357 g/mol. The smallest absolute Gasteiger partial charge is 0.249 e. The van der Waals surface area contributed by atoms with Crippen LogP contribution in [-0.2, 0) is 9.53 Å². The van der Waals surface area contributed by atoms with E-state index < -0.39 is 0 Å². The van der Waals surface area contributed by atoms with E-state index in [9.17, 15) is 4.79 Å². The first-order valence-electron chi connectivity index (χ1n) is 8.37. The fraction of sp³-hybridized carbons (Fsp3) is 0.350. The van der Waals surface area contributed by atoms with Gasteiger partial charge in [-0.2, -0.15) is 0 Å². The van der Waals surface area contributed by atoms with E-state index in [2.05, 4.69) is 13.8 Å². The highest BCUT2D eigenvalue weighted by Gasteiger charge is 2.38. The molecule has 132 valence electrons. The van der Waals surface area contributed by atoms with Crippen LogP contribution in [0.15, 0.2) is 48.5 Å². The van der Waals surface area contributed by atoms with Crippen LogP contribution in [0.5, 0.6) is 0 Å². The number of halogens is 2. The first kappa shape index (κ1) is 18.2. The predicted octanol–water partition coefficient (Wildman–Crippen LogP) is 5.29. The van der Waals surface area contributed by atoms with Gasteiger partial charge in [0, 0.05) is 16.6 Å². The molecule has 0 spiro atoms. The van der Waals surface area contributed by atoms with Gasteiger partial charge in [-0.15, -0.1) is 0 Å². The molecule has 25 heavy (non-hydrogen) atoms. The quantitative estimate of drug-likeness (QED) is 0.724. The molecule has 5 heteroatoms. The zero-order valence-corrected chi connectivity index (χ0v) is 15.8. The van der Waals surface area contributed by atoms with Gasteiger partial charge in [0.15, 0.2) is 0 Å². The molecule has 3 rings (SSSR count). The number of morpholine rings is 1. The summed E-state index contributed by atoms with van der Waals surface area (Å²) in [5.74, 6) is 0.365. The third-order valence-electron chi connectivity index (χ3n) is 4.28. The average molecular weight is 378 g/mol. The second kappa shape index (κ2) is 7.77. The summed E-state index contributed by atoms with van der Waals surface area (Å²) in [7, 11) is 0. The average Bonchev–Trinajstić information content (AvgIpc) is 2.57. The molecule has 0 aromatic heterocycles. The third kappa shape index (κ3) is 4.17. The summed E-state index contributed by atoms with van der Waals surface area (Å²) in [6.07, 6.45) is -0.267. The van der Waals surface area contributed by atoms with Gasteiger partial charge in [0.05, 0.1) is 6.04 Å². The summed E-state index contributed by atoms with van der Waals surface area (Å²) in [4.78, 5) is 14.5. The first-order valence-corrected chi connectivity index (χ1v) is 9.13. The van der Waals surface area contributed by atoms with Gasteiger partial charge in [0.2, 0.25) is 5.91 Å². The molecule has 1 aliphatic heterocycles. The van der Waals surface area contributed by atoms with Crippen LogP contribution in [0.2, 0.25) is 10.0 Å². The molecule has 3 nitrogen and oxygen atoms in total. The minimum Gasteiger partial charge on any atom is -0.361 e. The number of benzene rings is 2. The Morgan fingerprint density at radius 3 is 2.44 bits per heavy atom. The van der Waals surface area contributed by atoms with Gasteiger partial charge in [0.25, 0.3) is 0 Å². The van der Waals surface area contributed by atoms with Crippen molar-refractivity contribution < 1.29 is 9.53 Å². The maximum Gasteiger partial charge on any atom is 0.249 e. The van der Waals surface area contributed by atoms with Crippen molar-refractivity contribution in [1.29, 1.82) is 0 Å². The van der Waals surface area contributed by atoms with Crippen LogP contribution in [0.25, 0.3) is 0 Å². The Morgan fingerprint density at radius 1 is 1.08 bits per heavy atom. The van der Waals surface area contributed by atoms with Gasteiger partial charge in [-0.3, -0.25) is 4.79 Å². The fourth-order valence-electron chi connectivity index (χ4n) is 3.24. The van der Waals surface area contributed by atoms with Crippen molar-refractivity contribution in [3.63, 3.8) is 0 Å². The van der Waals surface area contributed by atoms with Crippen LogP contribution >= 0.6 is 23.2 Å². The van der Waals surface area contributed by atoms with E-state index in [1.165, 1.54) is 0 Å². The molecule has 0 unspecified atom stereocenters. The Bertz CT molecular complexity index is 746. The van der Waals surface area contributed by atoms with Gasteiger partial charge in [-0.1, -0.05) is 61.3 Å². The van der Waals surface area contributed by atoms with E-state index in [1.54, 1.807) is 0 Å². The van der Waals surface area contributed by atoms with Crippen molar-refractivity contribution in [1.82, 2.24) is 4.90 Å². The molecule has 0 bridgehead atoms. The number of nitrogens with zero attached hydrogens (tertiary/aromatic N) is 1. The minimum absolute atomic E-state index is 0.00641. The second-order valence-electron chi connectivity index (χ2n) is 6.72. The highest BCUT2D eigenvalue weighted by Crippen LogP contribution is 2.41. The van der Waals surface area contributed by atoms with Crippen LogP contribution in [0.4, 0.5) is 0 Å². The monoisotopic (exact) mass is 377 g/mol. The molecule has 2 atom stereocenters. The van der Waals surface area contributed by atoms with Crippen molar-refractivity contribution in [2.75, 3.05) is 13.2 Å². The SMILES string of the molecule is CC(C)CN1C(=O)CO[C@H](c2cccc(Cl)c2)[C@@H]1c1ccc(Cl)cc1. The number of hydrogen-bond acceptors (Lipinski definition) is 2. The lowest BCUT2D eigenvalue weighted by Crippen LogP contribution is -2.47. The zero-order chi connectivity index (χ0) is 18.0. The number of amides is 1. The molecule has 0 N–H and O–H groups in total. The molecule has 1 amide bonds. The van der Waals surface area contributed by atoms with E-state index in [0.717, 1.165) is 11.1 Å². The molecule has 1 aliphatic rings. The molecule has 1 saturated heterocycles. The van der Waals surface area contributed by atoms with Crippen molar-refractivity contribution in [2.45, 2.75) is 26.0 Å². The van der Waals surface area contributed by atoms with Crippen LogP contribution in [0, 0.1) is 5.92 Å². The maximum absolute atomic E-state index is 12.6. The van der Waals surface area contributed by atoms with E-state index in [1.807, 2.05) is 53.4 Å². The summed E-state index contributed by atoms with van der Waals surface area (Å²) in [6.45, 7) is 4.96. The molecule has 1 heterocycles. The lowest BCUT2D eigenvalue weighted by atomic mass is 9.92. The summed E-state index contributed by atoms with van der Waals surface area (Å²) >= 11 is 12.2. The largest absolute Gasteiger partial charge is 0.361 e. The Labute approximate surface area is 158 Å². The third-order valence-corrected chi connectivity index (χ3v) is 4.77. The van der Waals surface area contributed by atoms with E-state index >= 15 is 0 Å². The second-order valence-corrected chi connectivity index (χ2v) is 7.60. The zero-order valence-electron chi connectivity index (χ0n) is 14.3. The summed E-state index contributed by atoms with van der Waals surface area (Å²) in [6, 6.07) is 15.0. The highest BCUT2D eigenvalue weighted by molar-refractivity contribution is 6.30. The summed E-state index contributed by atoms with van der Waals surface area (Å²) in [5.41, 5.74) is 1.97. The molecule has 2 aromatic carbocycles. The Kier molecular flexibility index (Phi) is 5.67. The van der Waals surface area contributed by atoms with Crippen molar-refractivity contribution >= 4 is 29.1 Å². The number of ether oxygens (including phenoxy) is 1. The fourth-order valence-corrected chi connectivity index (χ4v) is 3.56. The number of carbonyl (C=O) groups excluding carboxylic acids is 1. The molecule has 1 fully saturated rings. The molecule has 0 radical (unpaired) electrons. The summed E-state index contributed by atoms with van der Waals surface area (Å²) in [5, 5.41) is 1.32. The Morgan fingerprint density at radius 2 is 1.80 bits per heavy atom. The van der Waals surface area contributed by atoms with Crippen molar-refractivity contribution in [3.8, 4) is 0 Å². The van der Waals surface area contributed by atoms with Crippen molar-refractivity contribution in [3.05, 3.63) is 69.7 Å². The van der Waals surface area contributed by atoms with E-state index in [4.69, 9.17) is 27.9 Å². The topological polar surface area (TPSA) is 29.5 Å². The lowest BCUT2D eigenvalue weighted by Gasteiger charge is -2.42. The number of rotatable bonds is 4. The molecular formula is C20H21Cl2NO2. The van der Waals surface area contributed by atoms with Crippen LogP contribution < -0.4 is 0 Å². The predicted molar refractivity (Wildman–Crippen MR) is 101 cm³/mol. The van der Waals surface area contributed by atoms with E-state index in [0.29, 0.717) is 22.5 Å². The van der Waals surface area contributed by atoms with Gasteiger partial charge in [0.1, 0.15) is 12.7 Å². The Balaban J connectivity index is 2.05. The molecule has 0 aliphatic carbocycles. The van der Waals surface area contributed by atoms with Gasteiger partial charge in [-0.25, -0.2) is 0 Å². The van der Waals surface area contributed by atoms with Gasteiger partial charge < -0.3 is 9.64 Å².